The highest BCUT2D eigenvalue weighted by molar-refractivity contribution is 7.98. The van der Waals surface area contributed by atoms with Gasteiger partial charge in [-0.1, -0.05) is 27.9 Å². The molecule has 0 bridgehead atoms. The van der Waals surface area contributed by atoms with Gasteiger partial charge in [0, 0.05) is 28.5 Å². The van der Waals surface area contributed by atoms with E-state index in [1.807, 2.05) is 60.0 Å². The lowest BCUT2D eigenvalue weighted by Gasteiger charge is -2.11. The first-order valence-electron chi connectivity index (χ1n) is 9.12. The molecule has 0 saturated carbocycles. The fraction of sp³-hybridized carbons (Fsp3) is 0.200. The summed E-state index contributed by atoms with van der Waals surface area (Å²) < 4.78 is 17.3. The lowest BCUT2D eigenvalue weighted by atomic mass is 10.2. The highest BCUT2D eigenvalue weighted by Gasteiger charge is 2.18. The molecule has 0 amide bonds. The first-order chi connectivity index (χ1) is 14.7. The van der Waals surface area contributed by atoms with Gasteiger partial charge in [-0.05, 0) is 55.5 Å². The average molecular weight is 460 g/mol. The summed E-state index contributed by atoms with van der Waals surface area (Å²) in [5, 5.41) is 13.7. The number of rotatable bonds is 8. The fourth-order valence-corrected chi connectivity index (χ4v) is 4.48. The van der Waals surface area contributed by atoms with Crippen LogP contribution in [0.2, 0.25) is 4.34 Å². The molecule has 0 radical (unpaired) electrons. The number of benzene rings is 2. The molecule has 0 saturated heterocycles. The van der Waals surface area contributed by atoms with Crippen molar-refractivity contribution in [1.29, 1.82) is 0 Å². The van der Waals surface area contributed by atoms with E-state index in [2.05, 4.69) is 19.8 Å². The second-order valence-corrected chi connectivity index (χ2v) is 8.38. The summed E-state index contributed by atoms with van der Waals surface area (Å²) in [5.41, 5.74) is 2.59. The van der Waals surface area contributed by atoms with Crippen LogP contribution in [0, 0.1) is 0 Å². The third-order valence-corrected chi connectivity index (χ3v) is 6.16. The number of nitrogens with zero attached hydrogens (tertiary/aromatic N) is 5. The van der Waals surface area contributed by atoms with Crippen LogP contribution in [0.4, 0.5) is 0 Å². The van der Waals surface area contributed by atoms with Crippen molar-refractivity contribution in [2.75, 3.05) is 13.7 Å². The van der Waals surface area contributed by atoms with Crippen molar-refractivity contribution in [2.24, 2.45) is 0 Å². The van der Waals surface area contributed by atoms with Crippen molar-refractivity contribution in [3.8, 4) is 28.6 Å². The first kappa shape index (κ1) is 20.6. The Labute approximate surface area is 187 Å². The first-order valence-corrected chi connectivity index (χ1v) is 11.3. The molecule has 2 aromatic heterocycles. The predicted molar refractivity (Wildman–Crippen MR) is 119 cm³/mol. The number of hydrogen-bond acceptors (Lipinski definition) is 8. The summed E-state index contributed by atoms with van der Waals surface area (Å²) in [7, 11) is 1.64. The van der Waals surface area contributed by atoms with Crippen LogP contribution in [0.1, 0.15) is 12.6 Å². The molecule has 0 aliphatic rings. The highest BCUT2D eigenvalue weighted by atomic mass is 35.5. The summed E-state index contributed by atoms with van der Waals surface area (Å²) in [6.45, 7) is 2.58. The second-order valence-electron chi connectivity index (χ2n) is 6.08. The Morgan fingerprint density at radius 1 is 1.00 bits per heavy atom. The monoisotopic (exact) mass is 459 g/mol. The fourth-order valence-electron chi connectivity index (χ4n) is 2.80. The van der Waals surface area contributed by atoms with Crippen LogP contribution in [0.15, 0.2) is 53.7 Å². The Balaban J connectivity index is 1.72. The maximum atomic E-state index is 6.15. The van der Waals surface area contributed by atoms with Gasteiger partial charge in [-0.3, -0.25) is 4.57 Å². The van der Waals surface area contributed by atoms with Gasteiger partial charge in [0.25, 0.3) is 0 Å². The van der Waals surface area contributed by atoms with Gasteiger partial charge in [-0.25, -0.2) is 0 Å². The summed E-state index contributed by atoms with van der Waals surface area (Å²) in [4.78, 5) is 0. The van der Waals surface area contributed by atoms with E-state index in [0.717, 1.165) is 39.4 Å². The van der Waals surface area contributed by atoms with Crippen molar-refractivity contribution >= 4 is 34.9 Å². The zero-order valence-corrected chi connectivity index (χ0v) is 18.7. The molecule has 10 heteroatoms. The van der Waals surface area contributed by atoms with E-state index in [-0.39, 0.29) is 0 Å². The van der Waals surface area contributed by atoms with Gasteiger partial charge in [-0.15, -0.1) is 15.3 Å². The molecule has 7 nitrogen and oxygen atoms in total. The maximum Gasteiger partial charge on any atom is 0.196 e. The zero-order chi connectivity index (χ0) is 20.9. The van der Waals surface area contributed by atoms with E-state index < -0.39 is 0 Å². The molecule has 0 aliphatic carbocycles. The summed E-state index contributed by atoms with van der Waals surface area (Å²) in [6, 6.07) is 15.6. The quantitative estimate of drug-likeness (QED) is 0.338. The van der Waals surface area contributed by atoms with E-state index in [9.17, 15) is 0 Å². The Hall–Kier alpha value is -2.62. The van der Waals surface area contributed by atoms with Crippen molar-refractivity contribution in [2.45, 2.75) is 17.8 Å². The molecule has 154 valence electrons. The smallest absolute Gasteiger partial charge is 0.196 e. The third kappa shape index (κ3) is 4.43. The second kappa shape index (κ2) is 9.46. The van der Waals surface area contributed by atoms with Gasteiger partial charge in [0.2, 0.25) is 0 Å². The molecule has 2 heterocycles. The SMILES string of the molecule is CCOc1ccc(-n2c(SCc3nnsc3Cl)nnc2-c2ccc(OC)cc2)cc1. The Bertz CT molecular complexity index is 1110. The summed E-state index contributed by atoms with van der Waals surface area (Å²) >= 11 is 8.83. The molecule has 0 fully saturated rings. The Morgan fingerprint density at radius 2 is 1.73 bits per heavy atom. The zero-order valence-electron chi connectivity index (χ0n) is 16.3. The Kier molecular flexibility index (Phi) is 6.51. The van der Waals surface area contributed by atoms with E-state index in [1.54, 1.807) is 7.11 Å². The van der Waals surface area contributed by atoms with Crippen LogP contribution < -0.4 is 9.47 Å². The van der Waals surface area contributed by atoms with Crippen LogP contribution in [0.3, 0.4) is 0 Å². The number of aromatic nitrogens is 5. The van der Waals surface area contributed by atoms with Gasteiger partial charge in [0.1, 0.15) is 21.5 Å². The van der Waals surface area contributed by atoms with Gasteiger partial charge in [-0.2, -0.15) is 0 Å². The molecule has 4 rings (SSSR count). The third-order valence-electron chi connectivity index (χ3n) is 4.23. The van der Waals surface area contributed by atoms with Gasteiger partial charge in [0.05, 0.1) is 13.7 Å². The van der Waals surface area contributed by atoms with Crippen LogP contribution in [0.25, 0.3) is 17.1 Å². The lowest BCUT2D eigenvalue weighted by Crippen LogP contribution is -2.00. The summed E-state index contributed by atoms with van der Waals surface area (Å²) in [6.07, 6.45) is 0. The largest absolute Gasteiger partial charge is 0.497 e. The van der Waals surface area contributed by atoms with Crippen molar-refractivity contribution in [1.82, 2.24) is 24.4 Å². The molecule has 0 unspecified atom stereocenters. The number of ether oxygens (including phenoxy) is 2. The standard InChI is InChI=1S/C20H18ClN5O2S2/c1-3-28-16-10-6-14(7-11-16)26-19(13-4-8-15(27-2)9-5-13)23-24-20(26)29-12-17-18(21)30-25-22-17/h4-11H,3,12H2,1-2H3. The molecule has 0 N–H and O–H groups in total. The molecular formula is C20H18ClN5O2S2. The van der Waals surface area contributed by atoms with E-state index in [4.69, 9.17) is 21.1 Å². The van der Waals surface area contributed by atoms with E-state index >= 15 is 0 Å². The number of methoxy groups -OCH3 is 1. The molecule has 0 spiro atoms. The predicted octanol–water partition coefficient (Wildman–Crippen LogP) is 5.14. The lowest BCUT2D eigenvalue weighted by molar-refractivity contribution is 0.340. The van der Waals surface area contributed by atoms with Crippen LogP contribution in [-0.4, -0.2) is 38.1 Å². The van der Waals surface area contributed by atoms with E-state index in [0.29, 0.717) is 16.7 Å². The Morgan fingerprint density at radius 3 is 2.37 bits per heavy atom. The van der Waals surface area contributed by atoms with Crippen molar-refractivity contribution < 1.29 is 9.47 Å². The minimum atomic E-state index is 0.549. The molecule has 0 atom stereocenters. The van der Waals surface area contributed by atoms with Crippen LogP contribution in [0.5, 0.6) is 11.5 Å². The van der Waals surface area contributed by atoms with Gasteiger partial charge < -0.3 is 9.47 Å². The highest BCUT2D eigenvalue weighted by Crippen LogP contribution is 2.32. The maximum absolute atomic E-state index is 6.15. The van der Waals surface area contributed by atoms with Crippen LogP contribution in [-0.2, 0) is 5.75 Å². The number of halogens is 1. The van der Waals surface area contributed by atoms with Crippen molar-refractivity contribution in [3.63, 3.8) is 0 Å². The normalized spacial score (nSPS) is 10.9. The minimum Gasteiger partial charge on any atom is -0.497 e. The van der Waals surface area contributed by atoms with Crippen molar-refractivity contribution in [3.05, 3.63) is 58.6 Å². The average Bonchev–Trinajstić information content (AvgIpc) is 3.39. The molecule has 30 heavy (non-hydrogen) atoms. The number of hydrogen-bond donors (Lipinski definition) is 0. The topological polar surface area (TPSA) is 75.0 Å². The molecule has 4 aromatic rings. The molecule has 0 aliphatic heterocycles. The number of thioether (sulfide) groups is 1. The van der Waals surface area contributed by atoms with E-state index in [1.165, 1.54) is 23.3 Å². The van der Waals surface area contributed by atoms with Gasteiger partial charge >= 0.3 is 0 Å². The summed E-state index contributed by atoms with van der Waals surface area (Å²) in [5.74, 6) is 2.88. The molecule has 2 aromatic carbocycles. The van der Waals surface area contributed by atoms with Gasteiger partial charge in [0.15, 0.2) is 11.0 Å². The molecular weight excluding hydrogens is 442 g/mol. The minimum absolute atomic E-state index is 0.549. The van der Waals surface area contributed by atoms with Crippen LogP contribution >= 0.6 is 34.9 Å².